The highest BCUT2D eigenvalue weighted by molar-refractivity contribution is 5.75. The standard InChI is InChI=1S/C15H29N3O/c1-12-6-9-18(10-7-12)14(19)17-15(11-16)8-4-3-5-13(15)2/h12-13H,3-11,16H2,1-2H3,(H,17,19). The lowest BCUT2D eigenvalue weighted by Gasteiger charge is -2.44. The molecule has 3 N–H and O–H groups in total. The average Bonchev–Trinajstić information content (AvgIpc) is 2.42. The van der Waals surface area contributed by atoms with Gasteiger partial charge in [-0.25, -0.2) is 4.79 Å². The van der Waals surface area contributed by atoms with E-state index in [1.807, 2.05) is 4.90 Å². The molecule has 19 heavy (non-hydrogen) atoms. The van der Waals surface area contributed by atoms with Crippen LogP contribution in [0.25, 0.3) is 0 Å². The topological polar surface area (TPSA) is 58.4 Å². The molecule has 2 unspecified atom stereocenters. The summed E-state index contributed by atoms with van der Waals surface area (Å²) in [5.41, 5.74) is 5.83. The fraction of sp³-hybridized carbons (Fsp3) is 0.933. The molecule has 4 nitrogen and oxygen atoms in total. The van der Waals surface area contributed by atoms with Crippen LogP contribution in [0.15, 0.2) is 0 Å². The van der Waals surface area contributed by atoms with Crippen molar-refractivity contribution in [3.05, 3.63) is 0 Å². The molecule has 1 saturated carbocycles. The molecule has 0 aromatic rings. The normalized spacial score (nSPS) is 33.2. The number of amides is 2. The minimum absolute atomic E-state index is 0.103. The predicted octanol–water partition coefficient (Wildman–Crippen LogP) is 2.34. The third-order valence-corrected chi connectivity index (χ3v) is 5.24. The van der Waals surface area contributed by atoms with Crippen molar-refractivity contribution in [2.45, 2.75) is 57.9 Å². The number of nitrogens with two attached hydrogens (primary N) is 1. The van der Waals surface area contributed by atoms with E-state index >= 15 is 0 Å². The van der Waals surface area contributed by atoms with Crippen LogP contribution in [0.1, 0.15) is 52.4 Å². The quantitative estimate of drug-likeness (QED) is 0.807. The molecule has 110 valence electrons. The van der Waals surface area contributed by atoms with E-state index in [4.69, 9.17) is 5.73 Å². The van der Waals surface area contributed by atoms with Crippen LogP contribution in [0.5, 0.6) is 0 Å². The summed E-state index contributed by atoms with van der Waals surface area (Å²) in [6.07, 6.45) is 6.89. The zero-order chi connectivity index (χ0) is 13.9. The van der Waals surface area contributed by atoms with Gasteiger partial charge in [-0.1, -0.05) is 26.7 Å². The number of urea groups is 1. The highest BCUT2D eigenvalue weighted by atomic mass is 16.2. The smallest absolute Gasteiger partial charge is 0.317 e. The highest BCUT2D eigenvalue weighted by Gasteiger charge is 2.39. The van der Waals surface area contributed by atoms with Crippen molar-refractivity contribution in [3.8, 4) is 0 Å². The summed E-state index contributed by atoms with van der Waals surface area (Å²) in [6, 6.07) is 0.103. The van der Waals surface area contributed by atoms with E-state index in [0.717, 1.165) is 38.3 Å². The summed E-state index contributed by atoms with van der Waals surface area (Å²) in [5, 5.41) is 3.28. The van der Waals surface area contributed by atoms with E-state index in [0.29, 0.717) is 12.5 Å². The van der Waals surface area contributed by atoms with Gasteiger partial charge in [0.25, 0.3) is 0 Å². The maximum Gasteiger partial charge on any atom is 0.317 e. The van der Waals surface area contributed by atoms with E-state index in [-0.39, 0.29) is 11.6 Å². The zero-order valence-electron chi connectivity index (χ0n) is 12.5. The van der Waals surface area contributed by atoms with Crippen LogP contribution in [-0.4, -0.2) is 36.1 Å². The van der Waals surface area contributed by atoms with Crippen molar-refractivity contribution in [2.24, 2.45) is 17.6 Å². The van der Waals surface area contributed by atoms with Crippen LogP contribution in [0.2, 0.25) is 0 Å². The third-order valence-electron chi connectivity index (χ3n) is 5.24. The molecule has 2 fully saturated rings. The Morgan fingerprint density at radius 3 is 2.53 bits per heavy atom. The molecule has 0 bridgehead atoms. The van der Waals surface area contributed by atoms with E-state index in [2.05, 4.69) is 19.2 Å². The number of nitrogens with zero attached hydrogens (tertiary/aromatic N) is 1. The molecular weight excluding hydrogens is 238 g/mol. The first-order chi connectivity index (χ1) is 9.07. The first kappa shape index (κ1) is 14.6. The summed E-state index contributed by atoms with van der Waals surface area (Å²) in [4.78, 5) is 14.4. The van der Waals surface area contributed by atoms with Gasteiger partial charge < -0.3 is 16.0 Å². The van der Waals surface area contributed by atoms with Gasteiger partial charge in [-0.15, -0.1) is 0 Å². The highest BCUT2D eigenvalue weighted by Crippen LogP contribution is 2.33. The molecule has 4 heteroatoms. The lowest BCUT2D eigenvalue weighted by molar-refractivity contribution is 0.129. The molecule has 2 aliphatic rings. The second-order valence-corrected chi connectivity index (χ2v) is 6.61. The van der Waals surface area contributed by atoms with Gasteiger partial charge in [0, 0.05) is 19.6 Å². The molecule has 1 aliphatic heterocycles. The van der Waals surface area contributed by atoms with Gasteiger partial charge in [-0.3, -0.25) is 0 Å². The number of likely N-dealkylation sites (tertiary alicyclic amines) is 1. The Morgan fingerprint density at radius 1 is 1.26 bits per heavy atom. The molecule has 0 aromatic carbocycles. The van der Waals surface area contributed by atoms with Crippen LogP contribution in [0, 0.1) is 11.8 Å². The van der Waals surface area contributed by atoms with Gasteiger partial charge in [0.05, 0.1) is 5.54 Å². The molecule has 0 aromatic heterocycles. The second-order valence-electron chi connectivity index (χ2n) is 6.61. The third kappa shape index (κ3) is 3.22. The van der Waals surface area contributed by atoms with Gasteiger partial charge in [0.1, 0.15) is 0 Å². The van der Waals surface area contributed by atoms with Crippen molar-refractivity contribution < 1.29 is 4.79 Å². The fourth-order valence-electron chi connectivity index (χ4n) is 3.46. The zero-order valence-corrected chi connectivity index (χ0v) is 12.5. The van der Waals surface area contributed by atoms with Crippen LogP contribution >= 0.6 is 0 Å². The van der Waals surface area contributed by atoms with Crippen LogP contribution in [0.4, 0.5) is 4.79 Å². The monoisotopic (exact) mass is 267 g/mol. The predicted molar refractivity (Wildman–Crippen MR) is 77.9 cm³/mol. The number of hydrogen-bond acceptors (Lipinski definition) is 2. The number of carbonyl (C=O) groups excluding carboxylic acids is 1. The van der Waals surface area contributed by atoms with Crippen molar-refractivity contribution in [3.63, 3.8) is 0 Å². The van der Waals surface area contributed by atoms with Crippen molar-refractivity contribution in [1.29, 1.82) is 0 Å². The Kier molecular flexibility index (Phi) is 4.71. The first-order valence-electron chi connectivity index (χ1n) is 7.84. The Hall–Kier alpha value is -0.770. The molecule has 2 atom stereocenters. The van der Waals surface area contributed by atoms with Gasteiger partial charge in [-0.05, 0) is 37.5 Å². The Labute approximate surface area is 117 Å². The minimum Gasteiger partial charge on any atom is -0.331 e. The van der Waals surface area contributed by atoms with Gasteiger partial charge in [0.2, 0.25) is 0 Å². The van der Waals surface area contributed by atoms with E-state index < -0.39 is 0 Å². The fourth-order valence-corrected chi connectivity index (χ4v) is 3.46. The Balaban J connectivity index is 1.95. The Morgan fingerprint density at radius 2 is 1.95 bits per heavy atom. The molecule has 0 spiro atoms. The van der Waals surface area contributed by atoms with E-state index in [1.54, 1.807) is 0 Å². The average molecular weight is 267 g/mol. The summed E-state index contributed by atoms with van der Waals surface area (Å²) < 4.78 is 0. The van der Waals surface area contributed by atoms with Crippen LogP contribution in [0.3, 0.4) is 0 Å². The second kappa shape index (κ2) is 6.12. The first-order valence-corrected chi connectivity index (χ1v) is 7.84. The lowest BCUT2D eigenvalue weighted by atomic mass is 9.73. The summed E-state index contributed by atoms with van der Waals surface area (Å²) in [6.45, 7) is 6.83. The van der Waals surface area contributed by atoms with Crippen molar-refractivity contribution >= 4 is 6.03 Å². The minimum atomic E-state index is -0.168. The van der Waals surface area contributed by atoms with Crippen molar-refractivity contribution in [2.75, 3.05) is 19.6 Å². The Bertz CT molecular complexity index is 313. The van der Waals surface area contributed by atoms with Crippen LogP contribution < -0.4 is 11.1 Å². The van der Waals surface area contributed by atoms with Crippen molar-refractivity contribution in [1.82, 2.24) is 10.2 Å². The number of hydrogen-bond donors (Lipinski definition) is 2. The maximum atomic E-state index is 12.4. The summed E-state index contributed by atoms with van der Waals surface area (Å²) >= 11 is 0. The molecule has 2 rings (SSSR count). The van der Waals surface area contributed by atoms with E-state index in [1.165, 1.54) is 19.3 Å². The maximum absolute atomic E-state index is 12.4. The van der Waals surface area contributed by atoms with E-state index in [9.17, 15) is 4.79 Å². The molecule has 1 heterocycles. The largest absolute Gasteiger partial charge is 0.331 e. The van der Waals surface area contributed by atoms with Crippen LogP contribution in [-0.2, 0) is 0 Å². The molecule has 1 aliphatic carbocycles. The summed E-state index contributed by atoms with van der Waals surface area (Å²) in [5.74, 6) is 1.24. The SMILES string of the molecule is CC1CCN(C(=O)NC2(CN)CCCCC2C)CC1. The number of carbonyl (C=O) groups is 1. The van der Waals surface area contributed by atoms with Gasteiger partial charge >= 0.3 is 6.03 Å². The number of rotatable bonds is 2. The number of nitrogens with one attached hydrogen (secondary N) is 1. The summed E-state index contributed by atoms with van der Waals surface area (Å²) in [7, 11) is 0. The lowest BCUT2D eigenvalue weighted by Crippen LogP contribution is -2.62. The molecular formula is C15H29N3O. The molecule has 1 saturated heterocycles. The van der Waals surface area contributed by atoms with Gasteiger partial charge in [0.15, 0.2) is 0 Å². The van der Waals surface area contributed by atoms with Gasteiger partial charge in [-0.2, -0.15) is 0 Å². The molecule has 0 radical (unpaired) electrons. The molecule has 2 amide bonds. The number of piperidine rings is 1.